The maximum absolute atomic E-state index is 14.9. The van der Waals surface area contributed by atoms with Gasteiger partial charge in [0.15, 0.2) is 5.82 Å². The van der Waals surface area contributed by atoms with Crippen LogP contribution in [0.5, 0.6) is 0 Å². The van der Waals surface area contributed by atoms with Crippen molar-refractivity contribution in [2.75, 3.05) is 18.0 Å². The number of anilines is 1. The summed E-state index contributed by atoms with van der Waals surface area (Å²) in [5.41, 5.74) is -0.00262. The molecule has 0 unspecified atom stereocenters. The first-order valence-corrected chi connectivity index (χ1v) is 11.2. The second kappa shape index (κ2) is 8.61. The van der Waals surface area contributed by atoms with Crippen LogP contribution in [0.3, 0.4) is 0 Å². The highest BCUT2D eigenvalue weighted by molar-refractivity contribution is 9.10. The van der Waals surface area contributed by atoms with Crippen molar-refractivity contribution in [3.63, 3.8) is 0 Å². The summed E-state index contributed by atoms with van der Waals surface area (Å²) in [6.07, 6.45) is -0.400. The van der Waals surface area contributed by atoms with E-state index in [0.717, 1.165) is 0 Å². The standard InChI is InChI=1S/C21H22BrCl2FN4O2/c1-10-9-29(20(30)31-21(3,4)5)11(2)8-28(10)18-12-6-14(23)15(22)16(25)17(12)27-19(24)13(18)7-26/h6,10-11H,8-9H2,1-5H3/t10-,11-/m0/s1. The predicted molar refractivity (Wildman–Crippen MR) is 123 cm³/mol. The van der Waals surface area contributed by atoms with Crippen LogP contribution in [0.1, 0.15) is 40.2 Å². The molecular formula is C21H22BrCl2FN4O2. The number of carbonyl (C=O) groups is 1. The molecule has 0 saturated carbocycles. The Morgan fingerprint density at radius 1 is 1.32 bits per heavy atom. The Hall–Kier alpha value is -1.82. The monoisotopic (exact) mass is 530 g/mol. The highest BCUT2D eigenvalue weighted by atomic mass is 79.9. The SMILES string of the molecule is C[C@H]1CN(c2c(C#N)c(Cl)nc3c(F)c(Br)c(Cl)cc23)[C@@H](C)CN1C(=O)OC(C)(C)C. The Labute approximate surface area is 199 Å². The highest BCUT2D eigenvalue weighted by Gasteiger charge is 2.37. The summed E-state index contributed by atoms with van der Waals surface area (Å²) in [5, 5.41) is 10.2. The van der Waals surface area contributed by atoms with Gasteiger partial charge in [0.05, 0.1) is 15.2 Å². The van der Waals surface area contributed by atoms with Crippen molar-refractivity contribution in [1.82, 2.24) is 9.88 Å². The molecule has 2 aromatic rings. The molecule has 1 aromatic heterocycles. The van der Waals surface area contributed by atoms with Gasteiger partial charge in [-0.05, 0) is 56.6 Å². The Morgan fingerprint density at radius 2 is 1.97 bits per heavy atom. The third-order valence-electron chi connectivity index (χ3n) is 5.06. The van der Waals surface area contributed by atoms with Crippen LogP contribution in [0.25, 0.3) is 10.9 Å². The quantitative estimate of drug-likeness (QED) is 0.326. The first-order chi connectivity index (χ1) is 14.4. The topological polar surface area (TPSA) is 69.5 Å². The number of benzene rings is 1. The zero-order valence-corrected chi connectivity index (χ0v) is 20.9. The summed E-state index contributed by atoms with van der Waals surface area (Å²) in [4.78, 5) is 20.4. The van der Waals surface area contributed by atoms with E-state index < -0.39 is 17.5 Å². The van der Waals surface area contributed by atoms with Gasteiger partial charge in [0, 0.05) is 30.6 Å². The Bertz CT molecular complexity index is 1100. The molecule has 1 aliphatic heterocycles. The van der Waals surface area contributed by atoms with E-state index in [1.165, 1.54) is 0 Å². The molecule has 0 aliphatic carbocycles. The molecule has 2 atom stereocenters. The molecule has 2 heterocycles. The van der Waals surface area contributed by atoms with Crippen LogP contribution in [-0.4, -0.2) is 46.8 Å². The summed E-state index contributed by atoms with van der Waals surface area (Å²) >= 11 is 15.6. The molecule has 10 heteroatoms. The summed E-state index contributed by atoms with van der Waals surface area (Å²) in [6.45, 7) is 10.0. The van der Waals surface area contributed by atoms with Gasteiger partial charge in [0.25, 0.3) is 0 Å². The Morgan fingerprint density at radius 3 is 2.55 bits per heavy atom. The number of rotatable bonds is 1. The number of amides is 1. The molecule has 1 saturated heterocycles. The molecule has 1 fully saturated rings. The lowest BCUT2D eigenvalue weighted by atomic mass is 10.0. The number of halogens is 4. The van der Waals surface area contributed by atoms with Crippen molar-refractivity contribution >= 4 is 61.8 Å². The van der Waals surface area contributed by atoms with Gasteiger partial charge >= 0.3 is 6.09 Å². The van der Waals surface area contributed by atoms with Crippen molar-refractivity contribution < 1.29 is 13.9 Å². The fourth-order valence-corrected chi connectivity index (χ4v) is 4.38. The van der Waals surface area contributed by atoms with Crippen molar-refractivity contribution in [1.29, 1.82) is 5.26 Å². The van der Waals surface area contributed by atoms with Crippen molar-refractivity contribution in [2.24, 2.45) is 0 Å². The molecule has 0 N–H and O–H groups in total. The first kappa shape index (κ1) is 23.8. The number of hydrogen-bond acceptors (Lipinski definition) is 5. The molecular weight excluding hydrogens is 510 g/mol. The number of hydrogen-bond donors (Lipinski definition) is 0. The smallest absolute Gasteiger partial charge is 0.410 e. The zero-order valence-electron chi connectivity index (χ0n) is 17.8. The van der Waals surface area contributed by atoms with Crippen LogP contribution < -0.4 is 4.90 Å². The summed E-state index contributed by atoms with van der Waals surface area (Å²) in [6, 6.07) is 3.23. The van der Waals surface area contributed by atoms with Gasteiger partial charge < -0.3 is 14.5 Å². The van der Waals surface area contributed by atoms with Gasteiger partial charge in [-0.3, -0.25) is 0 Å². The van der Waals surface area contributed by atoms with Crippen LogP contribution in [0, 0.1) is 17.1 Å². The van der Waals surface area contributed by atoms with E-state index in [9.17, 15) is 14.4 Å². The van der Waals surface area contributed by atoms with Gasteiger partial charge in [0.1, 0.15) is 27.9 Å². The normalized spacial score (nSPS) is 19.5. The molecule has 31 heavy (non-hydrogen) atoms. The summed E-state index contributed by atoms with van der Waals surface area (Å²) in [5.74, 6) is -0.650. The maximum atomic E-state index is 14.9. The van der Waals surface area contributed by atoms with E-state index in [2.05, 4.69) is 27.0 Å². The van der Waals surface area contributed by atoms with E-state index in [4.69, 9.17) is 27.9 Å². The fourth-order valence-electron chi connectivity index (χ4n) is 3.67. The maximum Gasteiger partial charge on any atom is 0.410 e. The fraction of sp³-hybridized carbons (Fsp3) is 0.476. The number of ether oxygens (including phenoxy) is 1. The first-order valence-electron chi connectivity index (χ1n) is 9.68. The van der Waals surface area contributed by atoms with Crippen LogP contribution in [-0.2, 0) is 4.74 Å². The third-order valence-corrected chi connectivity index (χ3v) is 6.63. The third kappa shape index (κ3) is 4.55. The number of nitrogens with zero attached hydrogens (tertiary/aromatic N) is 4. The lowest BCUT2D eigenvalue weighted by molar-refractivity contribution is 0.0130. The van der Waals surface area contributed by atoms with E-state index in [1.54, 1.807) is 11.0 Å². The minimum atomic E-state index is -0.650. The summed E-state index contributed by atoms with van der Waals surface area (Å²) in [7, 11) is 0. The second-order valence-corrected chi connectivity index (χ2v) is 10.2. The van der Waals surface area contributed by atoms with Gasteiger partial charge in [0.2, 0.25) is 0 Å². The number of carbonyl (C=O) groups excluding carboxylic acids is 1. The zero-order chi connectivity index (χ0) is 23.2. The molecule has 0 bridgehead atoms. The number of piperazine rings is 1. The Balaban J connectivity index is 2.10. The van der Waals surface area contributed by atoms with Crippen LogP contribution in [0.2, 0.25) is 10.2 Å². The number of nitriles is 1. The van der Waals surface area contributed by atoms with Gasteiger partial charge in [-0.2, -0.15) is 5.26 Å². The van der Waals surface area contributed by atoms with Crippen molar-refractivity contribution in [2.45, 2.75) is 52.3 Å². The molecule has 1 aliphatic rings. The number of pyridine rings is 1. The van der Waals surface area contributed by atoms with Crippen LogP contribution in [0.4, 0.5) is 14.9 Å². The number of aromatic nitrogens is 1. The molecule has 1 amide bonds. The van der Waals surface area contributed by atoms with E-state index in [1.807, 2.05) is 39.5 Å². The van der Waals surface area contributed by atoms with Crippen molar-refractivity contribution in [3.8, 4) is 6.07 Å². The Kier molecular flexibility index (Phi) is 6.62. The van der Waals surface area contributed by atoms with Gasteiger partial charge in [-0.25, -0.2) is 14.2 Å². The van der Waals surface area contributed by atoms with Gasteiger partial charge in [-0.15, -0.1) is 0 Å². The summed E-state index contributed by atoms with van der Waals surface area (Å²) < 4.78 is 20.5. The minimum Gasteiger partial charge on any atom is -0.444 e. The molecule has 0 radical (unpaired) electrons. The number of fused-ring (bicyclic) bond motifs is 1. The largest absolute Gasteiger partial charge is 0.444 e. The van der Waals surface area contributed by atoms with Gasteiger partial charge in [-0.1, -0.05) is 23.2 Å². The molecule has 1 aromatic carbocycles. The average molecular weight is 532 g/mol. The minimum absolute atomic E-state index is 0.0182. The molecule has 0 spiro atoms. The predicted octanol–water partition coefficient (Wildman–Crippen LogP) is 6.15. The molecule has 6 nitrogen and oxygen atoms in total. The van der Waals surface area contributed by atoms with E-state index in [0.29, 0.717) is 24.2 Å². The van der Waals surface area contributed by atoms with Crippen molar-refractivity contribution in [3.05, 3.63) is 32.1 Å². The van der Waals surface area contributed by atoms with E-state index in [-0.39, 0.29) is 37.8 Å². The van der Waals surface area contributed by atoms with E-state index >= 15 is 0 Å². The second-order valence-electron chi connectivity index (χ2n) is 8.60. The van der Waals surface area contributed by atoms with Crippen LogP contribution in [0.15, 0.2) is 10.5 Å². The average Bonchev–Trinajstić information content (AvgIpc) is 2.66. The molecule has 3 rings (SSSR count). The lowest BCUT2D eigenvalue weighted by Crippen LogP contribution is -2.59. The molecule has 166 valence electrons. The highest BCUT2D eigenvalue weighted by Crippen LogP contribution is 2.41. The van der Waals surface area contributed by atoms with Crippen LogP contribution >= 0.6 is 39.1 Å². The lowest BCUT2D eigenvalue weighted by Gasteiger charge is -2.45.